The van der Waals surface area contributed by atoms with Crippen molar-refractivity contribution >= 4 is 29.3 Å². The van der Waals surface area contributed by atoms with Gasteiger partial charge in [0.25, 0.3) is 5.91 Å². The molecule has 0 fully saturated rings. The van der Waals surface area contributed by atoms with E-state index in [1.165, 1.54) is 17.8 Å². The number of fused-ring (bicyclic) bond motifs is 1. The minimum absolute atomic E-state index is 0.184. The smallest absolute Gasteiger partial charge is 0.264 e. The van der Waals surface area contributed by atoms with E-state index in [2.05, 4.69) is 9.97 Å². The minimum Gasteiger partial charge on any atom is -0.289 e. The number of thioether (sulfide) groups is 1. The molecule has 0 bridgehead atoms. The summed E-state index contributed by atoms with van der Waals surface area (Å²) < 4.78 is 13.0. The van der Waals surface area contributed by atoms with Crippen molar-refractivity contribution < 1.29 is 14.4 Å². The summed E-state index contributed by atoms with van der Waals surface area (Å²) in [5.41, 5.74) is 4.89. The number of amides is 1. The molecular weight excluding hydrogens is 413 g/mol. The van der Waals surface area contributed by atoms with Crippen LogP contribution in [0, 0.1) is 12.7 Å². The number of hydroxylamine groups is 1. The highest BCUT2D eigenvalue weighted by molar-refractivity contribution is 8.00. The molecule has 5 nitrogen and oxygen atoms in total. The Bertz CT molecular complexity index is 1110. The van der Waals surface area contributed by atoms with Crippen LogP contribution in [-0.4, -0.2) is 21.1 Å². The molecule has 0 spiro atoms. The van der Waals surface area contributed by atoms with Crippen molar-refractivity contribution in [2.45, 2.75) is 23.8 Å². The van der Waals surface area contributed by atoms with E-state index in [0.29, 0.717) is 39.0 Å². The Labute approximate surface area is 176 Å². The fourth-order valence-corrected chi connectivity index (χ4v) is 5.21. The Hall–Kier alpha value is -2.48. The number of carbonyl (C=O) groups excluding carboxylic acids is 1. The Morgan fingerprint density at radius 2 is 2.07 bits per heavy atom. The number of nitrogens with zero attached hydrogens (tertiary/aromatic N) is 2. The molecule has 29 heavy (non-hydrogen) atoms. The van der Waals surface area contributed by atoms with E-state index >= 15 is 0 Å². The molecule has 1 atom stereocenters. The maximum Gasteiger partial charge on any atom is 0.264 e. The molecule has 3 aromatic rings. The van der Waals surface area contributed by atoms with Crippen molar-refractivity contribution in [1.82, 2.24) is 15.4 Å². The van der Waals surface area contributed by atoms with E-state index < -0.39 is 16.5 Å². The highest BCUT2D eigenvalue weighted by atomic mass is 35.5. The van der Waals surface area contributed by atoms with E-state index in [9.17, 15) is 14.4 Å². The molecule has 148 valence electrons. The molecule has 2 heterocycles. The van der Waals surface area contributed by atoms with Gasteiger partial charge in [0.1, 0.15) is 10.6 Å². The largest absolute Gasteiger partial charge is 0.289 e. The summed E-state index contributed by atoms with van der Waals surface area (Å²) in [7, 11) is 0. The Balaban J connectivity index is 1.84. The van der Waals surface area contributed by atoms with Gasteiger partial charge in [-0.3, -0.25) is 10.0 Å². The SMILES string of the molecule is Cc1c(F)cccc1[C@@]1(C(=O)NO)Cc2nc(-c3ccccc3Cl)ncc2CS1. The number of rotatable bonds is 3. The maximum absolute atomic E-state index is 14.3. The second-order valence-corrected chi connectivity index (χ2v) is 8.47. The van der Waals surface area contributed by atoms with E-state index in [1.807, 2.05) is 18.2 Å². The van der Waals surface area contributed by atoms with Crippen LogP contribution in [0.2, 0.25) is 5.02 Å². The maximum atomic E-state index is 14.3. The summed E-state index contributed by atoms with van der Waals surface area (Å²) in [6.45, 7) is 1.63. The van der Waals surface area contributed by atoms with E-state index in [1.54, 1.807) is 36.8 Å². The lowest BCUT2D eigenvalue weighted by Crippen LogP contribution is -2.45. The third kappa shape index (κ3) is 3.39. The lowest BCUT2D eigenvalue weighted by Gasteiger charge is -2.36. The first-order valence-electron chi connectivity index (χ1n) is 8.90. The number of hydrogen-bond acceptors (Lipinski definition) is 5. The standard InChI is InChI=1S/C21H17ClFN3O2S/c1-12-15(6-4-8-17(12)23)21(20(27)26-28)9-18-13(11-29-21)10-24-19(25-18)14-5-2-3-7-16(14)22/h2-8,10,28H,9,11H2,1H3,(H,26,27)/t21-/m1/s1. The summed E-state index contributed by atoms with van der Waals surface area (Å²) in [4.78, 5) is 21.9. The third-order valence-corrected chi connectivity index (χ3v) is 6.96. The first kappa shape index (κ1) is 19.8. The molecule has 0 unspecified atom stereocenters. The number of benzene rings is 2. The minimum atomic E-state index is -1.21. The van der Waals surface area contributed by atoms with Crippen LogP contribution in [0.15, 0.2) is 48.7 Å². The number of halogens is 2. The first-order chi connectivity index (χ1) is 14.0. The summed E-state index contributed by atoms with van der Waals surface area (Å²) in [5, 5.41) is 9.96. The summed E-state index contributed by atoms with van der Waals surface area (Å²) in [6, 6.07) is 11.9. The zero-order valence-electron chi connectivity index (χ0n) is 15.4. The van der Waals surface area contributed by atoms with Gasteiger partial charge in [0, 0.05) is 29.5 Å². The molecule has 1 aliphatic heterocycles. The van der Waals surface area contributed by atoms with Gasteiger partial charge in [-0.2, -0.15) is 0 Å². The zero-order valence-corrected chi connectivity index (χ0v) is 17.0. The van der Waals surface area contributed by atoms with Gasteiger partial charge in [-0.15, -0.1) is 11.8 Å². The van der Waals surface area contributed by atoms with Gasteiger partial charge in [-0.25, -0.2) is 19.8 Å². The predicted octanol–water partition coefficient (Wildman–Crippen LogP) is 4.43. The van der Waals surface area contributed by atoms with Crippen LogP contribution in [0.4, 0.5) is 4.39 Å². The molecule has 4 rings (SSSR count). The summed E-state index contributed by atoms with van der Waals surface area (Å²) >= 11 is 7.60. The zero-order chi connectivity index (χ0) is 20.6. The molecule has 2 aromatic carbocycles. The monoisotopic (exact) mass is 429 g/mol. The molecule has 0 saturated carbocycles. The van der Waals surface area contributed by atoms with Crippen LogP contribution < -0.4 is 5.48 Å². The Morgan fingerprint density at radius 1 is 1.28 bits per heavy atom. The summed E-state index contributed by atoms with van der Waals surface area (Å²) in [6.07, 6.45) is 1.91. The van der Waals surface area contributed by atoms with Gasteiger partial charge >= 0.3 is 0 Å². The van der Waals surface area contributed by atoms with Crippen molar-refractivity contribution in [2.24, 2.45) is 0 Å². The van der Waals surface area contributed by atoms with Crippen molar-refractivity contribution in [2.75, 3.05) is 0 Å². The van der Waals surface area contributed by atoms with Crippen molar-refractivity contribution in [1.29, 1.82) is 0 Å². The third-order valence-electron chi connectivity index (χ3n) is 5.13. The highest BCUT2D eigenvalue weighted by Crippen LogP contribution is 2.47. The van der Waals surface area contributed by atoms with Crippen LogP contribution in [0.5, 0.6) is 0 Å². The lowest BCUT2D eigenvalue weighted by atomic mass is 9.87. The van der Waals surface area contributed by atoms with Gasteiger partial charge in [0.2, 0.25) is 0 Å². The van der Waals surface area contributed by atoms with Gasteiger partial charge < -0.3 is 0 Å². The Kier molecular flexibility index (Phi) is 5.29. The van der Waals surface area contributed by atoms with Gasteiger partial charge in [-0.05, 0) is 36.2 Å². The number of hydrogen-bond donors (Lipinski definition) is 2. The van der Waals surface area contributed by atoms with Crippen LogP contribution >= 0.6 is 23.4 Å². The first-order valence-corrected chi connectivity index (χ1v) is 10.3. The molecular formula is C21H17ClFN3O2S. The van der Waals surface area contributed by atoms with E-state index in [4.69, 9.17) is 11.6 Å². The number of nitrogens with one attached hydrogen (secondary N) is 1. The van der Waals surface area contributed by atoms with Crippen LogP contribution in [-0.2, 0) is 21.7 Å². The molecule has 0 saturated heterocycles. The van der Waals surface area contributed by atoms with E-state index in [0.717, 1.165) is 5.56 Å². The fourth-order valence-electron chi connectivity index (χ4n) is 3.55. The molecule has 0 aliphatic carbocycles. The van der Waals surface area contributed by atoms with Crippen molar-refractivity contribution in [3.05, 3.63) is 81.9 Å². The number of aromatic nitrogens is 2. The molecule has 0 radical (unpaired) electrons. The van der Waals surface area contributed by atoms with Crippen LogP contribution in [0.25, 0.3) is 11.4 Å². The predicted molar refractivity (Wildman–Crippen MR) is 110 cm³/mol. The molecule has 2 N–H and O–H groups in total. The molecule has 8 heteroatoms. The van der Waals surface area contributed by atoms with E-state index in [-0.39, 0.29) is 6.42 Å². The second kappa shape index (κ2) is 7.74. The summed E-state index contributed by atoms with van der Waals surface area (Å²) in [5.74, 6) is -0.115. The van der Waals surface area contributed by atoms with Crippen molar-refractivity contribution in [3.8, 4) is 11.4 Å². The lowest BCUT2D eigenvalue weighted by molar-refractivity contribution is -0.132. The number of carbonyl (C=O) groups is 1. The average Bonchev–Trinajstić information content (AvgIpc) is 2.74. The van der Waals surface area contributed by atoms with Gasteiger partial charge in [0.15, 0.2) is 5.82 Å². The second-order valence-electron chi connectivity index (χ2n) is 6.79. The normalized spacial score (nSPS) is 18.2. The van der Waals surface area contributed by atoms with Crippen LogP contribution in [0.1, 0.15) is 22.4 Å². The fraction of sp³-hybridized carbons (Fsp3) is 0.190. The van der Waals surface area contributed by atoms with Gasteiger partial charge in [0.05, 0.1) is 10.7 Å². The Morgan fingerprint density at radius 3 is 2.83 bits per heavy atom. The quantitative estimate of drug-likeness (QED) is 0.475. The molecule has 1 aromatic heterocycles. The highest BCUT2D eigenvalue weighted by Gasteiger charge is 2.46. The van der Waals surface area contributed by atoms with Crippen molar-refractivity contribution in [3.63, 3.8) is 0 Å². The van der Waals surface area contributed by atoms with Gasteiger partial charge in [-0.1, -0.05) is 35.9 Å². The molecule has 1 aliphatic rings. The van der Waals surface area contributed by atoms with Crippen LogP contribution in [0.3, 0.4) is 0 Å². The topological polar surface area (TPSA) is 75.1 Å². The molecule has 1 amide bonds. The average molecular weight is 430 g/mol.